The Morgan fingerprint density at radius 3 is 2.33 bits per heavy atom. The molecule has 0 amide bonds. The van der Waals surface area contributed by atoms with Gasteiger partial charge in [0.2, 0.25) is 0 Å². The first-order chi connectivity index (χ1) is 10.3. The third kappa shape index (κ3) is 3.26. The second-order valence-corrected chi connectivity index (χ2v) is 6.18. The number of hydrogen-bond acceptors (Lipinski definition) is 2. The van der Waals surface area contributed by atoms with E-state index in [2.05, 4.69) is 30.3 Å². The lowest BCUT2D eigenvalue weighted by molar-refractivity contribution is 0.627. The zero-order valence-electron chi connectivity index (χ0n) is 11.5. The summed E-state index contributed by atoms with van der Waals surface area (Å²) in [6, 6.07) is 21.3. The van der Waals surface area contributed by atoms with Crippen LogP contribution in [0.1, 0.15) is 10.8 Å². The zero-order valence-corrected chi connectivity index (χ0v) is 12.3. The topological polar surface area (TPSA) is 26.0 Å². The third-order valence-corrected chi connectivity index (χ3v) is 4.73. The molecule has 0 aliphatic carbocycles. The summed E-state index contributed by atoms with van der Waals surface area (Å²) in [7, 11) is 0. The molecule has 0 spiro atoms. The van der Waals surface area contributed by atoms with Crippen LogP contribution < -0.4 is 5.73 Å². The second kappa shape index (κ2) is 6.29. The minimum Gasteiger partial charge on any atom is -0.329 e. The van der Waals surface area contributed by atoms with Crippen molar-refractivity contribution in [1.29, 1.82) is 0 Å². The monoisotopic (exact) mass is 297 g/mol. The van der Waals surface area contributed by atoms with E-state index in [0.717, 1.165) is 5.56 Å². The van der Waals surface area contributed by atoms with Gasteiger partial charge in [-0.25, -0.2) is 4.39 Å². The maximum absolute atomic E-state index is 13.0. The van der Waals surface area contributed by atoms with Crippen molar-refractivity contribution in [3.8, 4) is 0 Å². The number of fused-ring (bicyclic) bond motifs is 1. The standard InChI is InChI=1S/C18H16FNS/c19-16-8-5-14(6-9-16)18(12-20)21-17-10-7-13-3-1-2-4-15(13)11-17/h1-11,18H,12,20H2. The highest BCUT2D eigenvalue weighted by atomic mass is 32.2. The average molecular weight is 297 g/mol. The molecule has 0 bridgehead atoms. The average Bonchev–Trinajstić information content (AvgIpc) is 2.53. The first-order valence-electron chi connectivity index (χ1n) is 6.87. The summed E-state index contributed by atoms with van der Waals surface area (Å²) in [5.74, 6) is -0.217. The predicted octanol–water partition coefficient (Wildman–Crippen LogP) is 4.77. The molecule has 0 heterocycles. The van der Waals surface area contributed by atoms with Gasteiger partial charge in [0.1, 0.15) is 5.82 Å². The Morgan fingerprint density at radius 1 is 0.905 bits per heavy atom. The summed E-state index contributed by atoms with van der Waals surface area (Å²) in [5, 5.41) is 2.58. The smallest absolute Gasteiger partial charge is 0.123 e. The molecule has 0 aromatic heterocycles. The van der Waals surface area contributed by atoms with Gasteiger partial charge < -0.3 is 5.73 Å². The van der Waals surface area contributed by atoms with Gasteiger partial charge in [-0.2, -0.15) is 0 Å². The van der Waals surface area contributed by atoms with Crippen LogP contribution in [0, 0.1) is 5.82 Å². The van der Waals surface area contributed by atoms with Crippen LogP contribution in [-0.4, -0.2) is 6.54 Å². The summed E-state index contributed by atoms with van der Waals surface area (Å²) in [5.41, 5.74) is 6.94. The first-order valence-corrected chi connectivity index (χ1v) is 7.75. The molecule has 3 heteroatoms. The molecular weight excluding hydrogens is 281 g/mol. The van der Waals surface area contributed by atoms with Crippen molar-refractivity contribution in [2.75, 3.05) is 6.54 Å². The van der Waals surface area contributed by atoms with Crippen molar-refractivity contribution in [2.45, 2.75) is 10.1 Å². The number of nitrogens with two attached hydrogens (primary N) is 1. The van der Waals surface area contributed by atoms with Crippen molar-refractivity contribution in [2.24, 2.45) is 5.73 Å². The molecule has 106 valence electrons. The molecule has 3 aromatic carbocycles. The quantitative estimate of drug-likeness (QED) is 0.702. The van der Waals surface area contributed by atoms with Crippen LogP contribution >= 0.6 is 11.8 Å². The van der Waals surface area contributed by atoms with Gasteiger partial charge in [-0.1, -0.05) is 42.5 Å². The Bertz CT molecular complexity index is 740. The Kier molecular flexibility index (Phi) is 4.23. The zero-order chi connectivity index (χ0) is 14.7. The fraction of sp³-hybridized carbons (Fsp3) is 0.111. The van der Waals surface area contributed by atoms with Crippen LogP contribution in [0.5, 0.6) is 0 Å². The van der Waals surface area contributed by atoms with E-state index in [-0.39, 0.29) is 11.1 Å². The van der Waals surface area contributed by atoms with Gasteiger partial charge in [0, 0.05) is 16.7 Å². The minimum atomic E-state index is -0.217. The van der Waals surface area contributed by atoms with Gasteiger partial charge in [0.15, 0.2) is 0 Å². The first kappa shape index (κ1) is 14.1. The molecule has 0 fully saturated rings. The maximum Gasteiger partial charge on any atom is 0.123 e. The van der Waals surface area contributed by atoms with E-state index >= 15 is 0 Å². The van der Waals surface area contributed by atoms with Gasteiger partial charge >= 0.3 is 0 Å². The second-order valence-electron chi connectivity index (χ2n) is 4.90. The Morgan fingerprint density at radius 2 is 1.62 bits per heavy atom. The number of hydrogen-bond donors (Lipinski definition) is 1. The normalized spacial score (nSPS) is 12.5. The van der Waals surface area contributed by atoms with Gasteiger partial charge in [-0.05, 0) is 40.6 Å². The molecule has 0 saturated carbocycles. The van der Waals surface area contributed by atoms with Crippen molar-refractivity contribution in [3.05, 3.63) is 78.1 Å². The van der Waals surface area contributed by atoms with Crippen molar-refractivity contribution >= 4 is 22.5 Å². The summed E-state index contributed by atoms with van der Waals surface area (Å²) in [6.45, 7) is 0.517. The molecular formula is C18H16FNS. The lowest BCUT2D eigenvalue weighted by Crippen LogP contribution is -2.09. The highest BCUT2D eigenvalue weighted by molar-refractivity contribution is 7.99. The molecule has 0 radical (unpaired) electrons. The van der Waals surface area contributed by atoms with E-state index in [4.69, 9.17) is 5.73 Å². The van der Waals surface area contributed by atoms with Crippen molar-refractivity contribution < 1.29 is 4.39 Å². The fourth-order valence-corrected chi connectivity index (χ4v) is 3.39. The molecule has 0 aliphatic rings. The van der Waals surface area contributed by atoms with Crippen LogP contribution in [0.25, 0.3) is 10.8 Å². The van der Waals surface area contributed by atoms with Crippen molar-refractivity contribution in [3.63, 3.8) is 0 Å². The SMILES string of the molecule is NCC(Sc1ccc2ccccc2c1)c1ccc(F)cc1. The molecule has 1 atom stereocenters. The Balaban J connectivity index is 1.86. The van der Waals surface area contributed by atoms with Crippen LogP contribution in [0.3, 0.4) is 0 Å². The Labute approximate surface area is 128 Å². The lowest BCUT2D eigenvalue weighted by Gasteiger charge is -2.15. The van der Waals surface area contributed by atoms with Gasteiger partial charge in [-0.3, -0.25) is 0 Å². The molecule has 1 unspecified atom stereocenters. The fourth-order valence-electron chi connectivity index (χ4n) is 2.33. The third-order valence-electron chi connectivity index (χ3n) is 3.46. The summed E-state index contributed by atoms with van der Waals surface area (Å²) in [6.07, 6.45) is 0. The summed E-state index contributed by atoms with van der Waals surface area (Å²) < 4.78 is 13.0. The van der Waals surface area contributed by atoms with Crippen LogP contribution in [0.15, 0.2) is 71.6 Å². The number of thioether (sulfide) groups is 1. The van der Waals surface area contributed by atoms with Crippen molar-refractivity contribution in [1.82, 2.24) is 0 Å². The molecule has 3 rings (SSSR count). The maximum atomic E-state index is 13.0. The van der Waals surface area contributed by atoms with E-state index in [9.17, 15) is 4.39 Å². The molecule has 0 saturated heterocycles. The number of benzene rings is 3. The highest BCUT2D eigenvalue weighted by Gasteiger charge is 2.11. The minimum absolute atomic E-state index is 0.131. The summed E-state index contributed by atoms with van der Waals surface area (Å²) >= 11 is 1.72. The van der Waals surface area contributed by atoms with E-state index in [1.165, 1.54) is 27.8 Å². The molecule has 0 aliphatic heterocycles. The molecule has 3 aromatic rings. The van der Waals surface area contributed by atoms with E-state index < -0.39 is 0 Å². The van der Waals surface area contributed by atoms with Gasteiger partial charge in [0.05, 0.1) is 0 Å². The van der Waals surface area contributed by atoms with Crippen LogP contribution in [-0.2, 0) is 0 Å². The Hall–Kier alpha value is -1.84. The number of rotatable bonds is 4. The largest absolute Gasteiger partial charge is 0.329 e. The highest BCUT2D eigenvalue weighted by Crippen LogP contribution is 2.35. The predicted molar refractivity (Wildman–Crippen MR) is 88.0 cm³/mol. The van der Waals surface area contributed by atoms with Crippen LogP contribution in [0.2, 0.25) is 0 Å². The van der Waals surface area contributed by atoms with Gasteiger partial charge in [-0.15, -0.1) is 11.8 Å². The van der Waals surface area contributed by atoms with E-state index in [1.807, 2.05) is 12.1 Å². The molecule has 2 N–H and O–H groups in total. The van der Waals surface area contributed by atoms with Gasteiger partial charge in [0.25, 0.3) is 0 Å². The summed E-state index contributed by atoms with van der Waals surface area (Å²) in [4.78, 5) is 1.17. The lowest BCUT2D eigenvalue weighted by atomic mass is 10.1. The van der Waals surface area contributed by atoms with E-state index in [0.29, 0.717) is 6.54 Å². The van der Waals surface area contributed by atoms with E-state index in [1.54, 1.807) is 23.9 Å². The molecule has 1 nitrogen and oxygen atoms in total. The number of halogens is 1. The van der Waals surface area contributed by atoms with Crippen LogP contribution in [0.4, 0.5) is 4.39 Å². The molecule has 21 heavy (non-hydrogen) atoms.